The summed E-state index contributed by atoms with van der Waals surface area (Å²) in [6.07, 6.45) is -0.513. The third-order valence-corrected chi connectivity index (χ3v) is 7.82. The van der Waals surface area contributed by atoms with Crippen LogP contribution in [0.4, 0.5) is 14.5 Å². The molecule has 0 aliphatic carbocycles. The molecule has 10 nitrogen and oxygen atoms in total. The van der Waals surface area contributed by atoms with Gasteiger partial charge in [0.1, 0.15) is 17.4 Å². The monoisotopic (exact) mass is 690 g/mol. The van der Waals surface area contributed by atoms with Gasteiger partial charge in [-0.15, -0.1) is 0 Å². The maximum atomic E-state index is 14.3. The average Bonchev–Trinajstić information content (AvgIpc) is 3.45. The lowest BCUT2D eigenvalue weighted by Gasteiger charge is -2.31. The Morgan fingerprint density at radius 1 is 1.07 bits per heavy atom. The molecule has 46 heavy (non-hydrogen) atoms. The van der Waals surface area contributed by atoms with Crippen LogP contribution in [0.5, 0.6) is 5.75 Å². The number of nitrogens with zero attached hydrogens (tertiary/aromatic N) is 4. The Labute approximate surface area is 271 Å². The zero-order valence-corrected chi connectivity index (χ0v) is 26.0. The summed E-state index contributed by atoms with van der Waals surface area (Å²) in [4.78, 5) is 22.2. The Balaban J connectivity index is 1.56. The van der Waals surface area contributed by atoms with Crippen molar-refractivity contribution in [1.29, 1.82) is 0 Å². The molecule has 4 aromatic carbocycles. The van der Waals surface area contributed by atoms with Crippen molar-refractivity contribution < 1.29 is 28.2 Å². The van der Waals surface area contributed by atoms with Gasteiger partial charge in [-0.25, -0.2) is 19.2 Å². The molecule has 0 unspecified atom stereocenters. The topological polar surface area (TPSA) is 141 Å². The highest BCUT2D eigenvalue weighted by molar-refractivity contribution is 9.10. The maximum absolute atomic E-state index is 14.3. The van der Waals surface area contributed by atoms with Crippen LogP contribution in [-0.4, -0.2) is 35.7 Å². The highest BCUT2D eigenvalue weighted by atomic mass is 79.9. The molecule has 236 valence electrons. The highest BCUT2D eigenvalue weighted by Gasteiger charge is 2.53. The second-order valence-corrected chi connectivity index (χ2v) is 11.3. The van der Waals surface area contributed by atoms with Crippen LogP contribution in [0.2, 0.25) is 0 Å². The molecule has 0 saturated carbocycles. The largest absolute Gasteiger partial charge is 0.494 e. The van der Waals surface area contributed by atoms with E-state index in [2.05, 4.69) is 36.8 Å². The SMILES string of the molecule is [N-]=[N+]=Nc1ccccc1C[C@]1(C(=O)NNCc2cc(F)ccc2F)N=C(c2ccc(OCCCO)cc2)O[C@H]1c1ccc(Br)cc1. The summed E-state index contributed by atoms with van der Waals surface area (Å²) in [5.74, 6) is -1.10. The zero-order valence-electron chi connectivity index (χ0n) is 24.4. The van der Waals surface area contributed by atoms with Gasteiger partial charge in [0.25, 0.3) is 5.91 Å². The number of hydrogen-bond donors (Lipinski definition) is 3. The molecule has 0 spiro atoms. The number of carbonyl (C=O) groups excluding carboxylic acids is 1. The quantitative estimate of drug-likeness (QED) is 0.0468. The minimum atomic E-state index is -1.66. The van der Waals surface area contributed by atoms with Crippen molar-refractivity contribution in [3.63, 3.8) is 0 Å². The molecule has 1 amide bonds. The van der Waals surface area contributed by atoms with Gasteiger partial charge in [0.05, 0.1) is 6.61 Å². The van der Waals surface area contributed by atoms with Crippen LogP contribution in [0.15, 0.2) is 106 Å². The van der Waals surface area contributed by atoms with Crippen molar-refractivity contribution in [2.45, 2.75) is 31.0 Å². The molecule has 0 saturated heterocycles. The number of aliphatic imine (C=N–C) groups is 1. The van der Waals surface area contributed by atoms with Crippen molar-refractivity contribution in [3.05, 3.63) is 140 Å². The molecule has 1 heterocycles. The van der Waals surface area contributed by atoms with Crippen LogP contribution in [0, 0.1) is 11.6 Å². The summed E-state index contributed by atoms with van der Waals surface area (Å²) < 4.78 is 41.0. The lowest BCUT2D eigenvalue weighted by atomic mass is 9.81. The summed E-state index contributed by atoms with van der Waals surface area (Å²) >= 11 is 3.45. The molecule has 3 N–H and O–H groups in total. The van der Waals surface area contributed by atoms with Crippen LogP contribution in [0.3, 0.4) is 0 Å². The van der Waals surface area contributed by atoms with E-state index >= 15 is 0 Å². The summed E-state index contributed by atoms with van der Waals surface area (Å²) in [5.41, 5.74) is 15.0. The normalized spacial score (nSPS) is 17.0. The number of azide groups is 1. The highest BCUT2D eigenvalue weighted by Crippen LogP contribution is 2.44. The zero-order chi connectivity index (χ0) is 32.5. The van der Waals surface area contributed by atoms with Crippen molar-refractivity contribution in [3.8, 4) is 5.75 Å². The lowest BCUT2D eigenvalue weighted by molar-refractivity contribution is -0.130. The van der Waals surface area contributed by atoms with Crippen LogP contribution in [-0.2, 0) is 22.5 Å². The van der Waals surface area contributed by atoms with Crippen LogP contribution < -0.4 is 15.6 Å². The van der Waals surface area contributed by atoms with Gasteiger partial charge in [0.15, 0.2) is 11.6 Å². The number of rotatable bonds is 13. The van der Waals surface area contributed by atoms with Crippen LogP contribution in [0.25, 0.3) is 10.4 Å². The first-order valence-electron chi connectivity index (χ1n) is 14.3. The van der Waals surface area contributed by atoms with E-state index in [9.17, 15) is 19.1 Å². The van der Waals surface area contributed by atoms with Gasteiger partial charge in [-0.05, 0) is 71.3 Å². The lowest BCUT2D eigenvalue weighted by Crippen LogP contribution is -2.53. The number of benzene rings is 4. The van der Waals surface area contributed by atoms with E-state index in [1.807, 2.05) is 24.3 Å². The Hall–Kier alpha value is -4.81. The predicted molar refractivity (Wildman–Crippen MR) is 171 cm³/mol. The number of nitrogens with one attached hydrogen (secondary N) is 2. The van der Waals surface area contributed by atoms with E-state index in [4.69, 9.17) is 19.6 Å². The van der Waals surface area contributed by atoms with Crippen LogP contribution in [0.1, 0.15) is 34.8 Å². The Bertz CT molecular complexity index is 1770. The van der Waals surface area contributed by atoms with E-state index in [1.165, 1.54) is 0 Å². The fourth-order valence-corrected chi connectivity index (χ4v) is 5.29. The molecule has 0 bridgehead atoms. The summed E-state index contributed by atoms with van der Waals surface area (Å²) in [7, 11) is 0. The molecule has 2 atom stereocenters. The number of hydrogen-bond acceptors (Lipinski definition) is 7. The minimum Gasteiger partial charge on any atom is -0.494 e. The van der Waals surface area contributed by atoms with E-state index < -0.39 is 29.2 Å². The van der Waals surface area contributed by atoms with Crippen molar-refractivity contribution in [2.24, 2.45) is 10.1 Å². The second kappa shape index (κ2) is 15.0. The second-order valence-electron chi connectivity index (χ2n) is 10.4. The van der Waals surface area contributed by atoms with Gasteiger partial charge in [-0.1, -0.05) is 57.4 Å². The molecule has 4 aromatic rings. The first-order chi connectivity index (χ1) is 22.3. The van der Waals surface area contributed by atoms with Crippen molar-refractivity contribution >= 4 is 33.4 Å². The molecule has 0 radical (unpaired) electrons. The van der Waals surface area contributed by atoms with Crippen LogP contribution >= 0.6 is 15.9 Å². The van der Waals surface area contributed by atoms with Gasteiger partial charge in [0, 0.05) is 52.2 Å². The average molecular weight is 692 g/mol. The van der Waals surface area contributed by atoms with Crippen molar-refractivity contribution in [2.75, 3.05) is 13.2 Å². The first kappa shape index (κ1) is 32.6. The summed E-state index contributed by atoms with van der Waals surface area (Å²) in [6.45, 7) is 0.150. The summed E-state index contributed by atoms with van der Waals surface area (Å²) in [6, 6.07) is 24.1. The summed E-state index contributed by atoms with van der Waals surface area (Å²) in [5, 5.41) is 12.9. The van der Waals surface area contributed by atoms with Gasteiger partial charge in [-0.3, -0.25) is 10.2 Å². The van der Waals surface area contributed by atoms with Gasteiger partial charge >= 0.3 is 0 Å². The van der Waals surface area contributed by atoms with Gasteiger partial charge < -0.3 is 14.6 Å². The number of amides is 1. The minimum absolute atomic E-state index is 0.0131. The maximum Gasteiger partial charge on any atom is 0.266 e. The number of aliphatic hydroxyl groups excluding tert-OH is 1. The Kier molecular flexibility index (Phi) is 10.6. The molecular formula is C33H29BrF2N6O4. The smallest absolute Gasteiger partial charge is 0.266 e. The molecule has 0 aromatic heterocycles. The van der Waals surface area contributed by atoms with E-state index in [1.54, 1.807) is 48.5 Å². The number of ether oxygens (including phenoxy) is 2. The fourth-order valence-electron chi connectivity index (χ4n) is 5.02. The molecule has 1 aliphatic heterocycles. The van der Waals surface area contributed by atoms with E-state index in [-0.39, 0.29) is 31.0 Å². The van der Waals surface area contributed by atoms with E-state index in [0.29, 0.717) is 41.2 Å². The molecular weight excluding hydrogens is 662 g/mol. The van der Waals surface area contributed by atoms with Gasteiger partial charge in [0.2, 0.25) is 5.90 Å². The first-order valence-corrected chi connectivity index (χ1v) is 15.1. The number of hydrazine groups is 1. The number of carbonyl (C=O) groups is 1. The van der Waals surface area contributed by atoms with Crippen molar-refractivity contribution in [1.82, 2.24) is 10.9 Å². The standard InChI is InChI=1S/C33H29BrF2N6O4/c34-25-10-6-21(7-11-25)30-33(19-23-4-1-2-5-29(23)40-42-37,32(44)41-38-20-24-18-26(35)12-15-28(24)36)39-31(46-30)22-8-13-27(14-9-22)45-17-3-16-43/h1-2,4-15,18,30,38,43H,3,16-17,19-20H2,(H,41,44)/t30-,33-/m0/s1. The molecule has 13 heteroatoms. The molecule has 5 rings (SSSR count). The fraction of sp³-hybridized carbons (Fsp3) is 0.212. The third-order valence-electron chi connectivity index (χ3n) is 7.30. The molecule has 1 aliphatic rings. The predicted octanol–water partition coefficient (Wildman–Crippen LogP) is 6.75. The molecule has 0 fully saturated rings. The Morgan fingerprint density at radius 2 is 1.83 bits per heavy atom. The number of aliphatic hydroxyl groups is 1. The Morgan fingerprint density at radius 3 is 2.57 bits per heavy atom. The van der Waals surface area contributed by atoms with Gasteiger partial charge in [-0.2, -0.15) is 0 Å². The third kappa shape index (κ3) is 7.52. The van der Waals surface area contributed by atoms with E-state index in [0.717, 1.165) is 22.7 Å². The number of halogens is 3.